The van der Waals surface area contributed by atoms with Crippen molar-refractivity contribution >= 4 is 17.3 Å². The number of methoxy groups -OCH3 is 2. The second-order valence-corrected chi connectivity index (χ2v) is 7.81. The number of hydrazone groups is 1. The fourth-order valence-corrected chi connectivity index (χ4v) is 4.23. The fraction of sp³-hybridized carbons (Fsp3) is 0.208. The van der Waals surface area contributed by atoms with Crippen LogP contribution in [0.15, 0.2) is 65.8 Å². The highest BCUT2D eigenvalue weighted by molar-refractivity contribution is 6.30. The monoisotopic (exact) mass is 438 g/mol. The van der Waals surface area contributed by atoms with Gasteiger partial charge >= 0.3 is 0 Å². The van der Waals surface area contributed by atoms with Crippen LogP contribution in [0.4, 0.5) is 4.39 Å². The van der Waals surface area contributed by atoms with E-state index in [1.54, 1.807) is 26.4 Å². The van der Waals surface area contributed by atoms with Crippen molar-refractivity contribution in [3.05, 3.63) is 88.2 Å². The van der Waals surface area contributed by atoms with E-state index in [4.69, 9.17) is 30.9 Å². The molecular formula is C24H20ClFN2O3. The lowest BCUT2D eigenvalue weighted by Gasteiger charge is -2.38. The van der Waals surface area contributed by atoms with Gasteiger partial charge in [-0.1, -0.05) is 35.9 Å². The molecule has 0 bridgehead atoms. The van der Waals surface area contributed by atoms with Gasteiger partial charge in [0, 0.05) is 23.1 Å². The third kappa shape index (κ3) is 3.37. The molecule has 5 rings (SSSR count). The van der Waals surface area contributed by atoms with Crippen LogP contribution in [0.5, 0.6) is 17.2 Å². The molecule has 0 radical (unpaired) electrons. The Hall–Kier alpha value is -3.25. The molecule has 0 unspecified atom stereocenters. The van der Waals surface area contributed by atoms with Crippen LogP contribution in [-0.4, -0.2) is 24.9 Å². The summed E-state index contributed by atoms with van der Waals surface area (Å²) in [5.74, 6) is 1.58. The minimum absolute atomic E-state index is 0.0308. The summed E-state index contributed by atoms with van der Waals surface area (Å²) in [5, 5.41) is 6.87. The lowest BCUT2D eigenvalue weighted by Crippen LogP contribution is -2.33. The molecule has 0 saturated heterocycles. The molecule has 2 atom stereocenters. The maximum Gasteiger partial charge on any atom is 0.213 e. The number of benzene rings is 3. The normalized spacial score (nSPS) is 19.2. The van der Waals surface area contributed by atoms with Gasteiger partial charge in [0.25, 0.3) is 0 Å². The highest BCUT2D eigenvalue weighted by Crippen LogP contribution is 2.47. The zero-order chi connectivity index (χ0) is 21.5. The van der Waals surface area contributed by atoms with Crippen LogP contribution in [-0.2, 0) is 0 Å². The van der Waals surface area contributed by atoms with Crippen LogP contribution < -0.4 is 14.2 Å². The molecule has 31 heavy (non-hydrogen) atoms. The van der Waals surface area contributed by atoms with Crippen molar-refractivity contribution in [1.29, 1.82) is 0 Å². The first kappa shape index (κ1) is 19.7. The minimum atomic E-state index is -0.565. The summed E-state index contributed by atoms with van der Waals surface area (Å²) in [7, 11) is 3.21. The van der Waals surface area contributed by atoms with Crippen LogP contribution in [0.25, 0.3) is 0 Å². The molecule has 0 N–H and O–H groups in total. The molecule has 0 spiro atoms. The van der Waals surface area contributed by atoms with Gasteiger partial charge in [-0.2, -0.15) is 5.10 Å². The Balaban J connectivity index is 1.58. The highest BCUT2D eigenvalue weighted by atomic mass is 35.5. The van der Waals surface area contributed by atoms with Crippen molar-refractivity contribution < 1.29 is 18.6 Å². The molecule has 2 aliphatic rings. The number of ether oxygens (including phenoxy) is 3. The second-order valence-electron chi connectivity index (χ2n) is 7.40. The van der Waals surface area contributed by atoms with E-state index in [0.717, 1.165) is 22.6 Å². The summed E-state index contributed by atoms with van der Waals surface area (Å²) in [5.41, 5.74) is 3.53. The van der Waals surface area contributed by atoms with E-state index >= 15 is 0 Å². The Labute approximate surface area is 184 Å². The Morgan fingerprint density at radius 3 is 2.61 bits per heavy atom. The van der Waals surface area contributed by atoms with Gasteiger partial charge in [-0.05, 0) is 36.4 Å². The van der Waals surface area contributed by atoms with Crippen molar-refractivity contribution in [2.24, 2.45) is 5.10 Å². The summed E-state index contributed by atoms with van der Waals surface area (Å²) in [6.45, 7) is 0. The molecule has 3 aromatic carbocycles. The molecule has 0 amide bonds. The minimum Gasteiger partial charge on any atom is -0.493 e. The van der Waals surface area contributed by atoms with Gasteiger partial charge in [0.2, 0.25) is 6.23 Å². The largest absolute Gasteiger partial charge is 0.493 e. The van der Waals surface area contributed by atoms with Gasteiger partial charge in [0.05, 0.1) is 31.0 Å². The second kappa shape index (κ2) is 7.78. The molecule has 0 aromatic heterocycles. The molecule has 3 aromatic rings. The van der Waals surface area contributed by atoms with E-state index in [0.29, 0.717) is 23.5 Å². The van der Waals surface area contributed by atoms with Crippen LogP contribution in [0.1, 0.15) is 35.4 Å². The smallest absolute Gasteiger partial charge is 0.213 e. The van der Waals surface area contributed by atoms with E-state index in [-0.39, 0.29) is 11.1 Å². The number of rotatable bonds is 4. The predicted molar refractivity (Wildman–Crippen MR) is 117 cm³/mol. The Morgan fingerprint density at radius 2 is 1.84 bits per heavy atom. The van der Waals surface area contributed by atoms with Crippen LogP contribution >= 0.6 is 11.6 Å². The number of para-hydroxylation sites is 1. The maximum absolute atomic E-state index is 14.2. The molecule has 2 aliphatic heterocycles. The van der Waals surface area contributed by atoms with Gasteiger partial charge < -0.3 is 14.2 Å². The lowest BCUT2D eigenvalue weighted by molar-refractivity contribution is -0.0192. The zero-order valence-corrected chi connectivity index (χ0v) is 17.8. The number of hydrogen-bond acceptors (Lipinski definition) is 5. The first-order chi connectivity index (χ1) is 15.1. The topological polar surface area (TPSA) is 43.3 Å². The average Bonchev–Trinajstić information content (AvgIpc) is 3.25. The van der Waals surface area contributed by atoms with Gasteiger partial charge in [-0.15, -0.1) is 0 Å². The number of fused-ring (bicyclic) bond motifs is 3. The zero-order valence-electron chi connectivity index (χ0n) is 17.0. The van der Waals surface area contributed by atoms with E-state index in [1.165, 1.54) is 6.07 Å². The Morgan fingerprint density at radius 1 is 1.03 bits per heavy atom. The standard InChI is InChI=1S/C24H20ClFN2O3/c1-29-22-10-8-14(12-23(22)30-2)19-13-20-16-5-3-4-6-21(16)31-24(28(20)27-19)15-7-9-17(25)18(26)11-15/h3-12,20,24H,13H2,1-2H3/t20-,24-/m1/s1. The van der Waals surface area contributed by atoms with Crippen molar-refractivity contribution in [2.75, 3.05) is 14.2 Å². The SMILES string of the molecule is COc1ccc(C2=NN3[C@H](C2)c2ccccc2O[C@@H]3c2ccc(Cl)c(F)c2)cc1OC. The summed E-state index contributed by atoms with van der Waals surface area (Å²) < 4.78 is 31.3. The van der Waals surface area contributed by atoms with Crippen LogP contribution in [0.2, 0.25) is 5.02 Å². The summed E-state index contributed by atoms with van der Waals surface area (Å²) in [6.07, 6.45) is 0.118. The van der Waals surface area contributed by atoms with E-state index in [9.17, 15) is 4.39 Å². The summed E-state index contributed by atoms with van der Waals surface area (Å²) in [4.78, 5) is 0. The fourth-order valence-electron chi connectivity index (χ4n) is 4.11. The Kier molecular flexibility index (Phi) is 4.94. The quantitative estimate of drug-likeness (QED) is 0.521. The number of hydrogen-bond donors (Lipinski definition) is 0. The summed E-state index contributed by atoms with van der Waals surface area (Å²) >= 11 is 5.89. The van der Waals surface area contributed by atoms with Gasteiger partial charge in [0.15, 0.2) is 11.5 Å². The van der Waals surface area contributed by atoms with Crippen molar-refractivity contribution in [1.82, 2.24) is 5.01 Å². The molecular weight excluding hydrogens is 419 g/mol. The molecule has 0 aliphatic carbocycles. The lowest BCUT2D eigenvalue weighted by atomic mass is 9.96. The molecule has 0 fully saturated rings. The molecule has 5 nitrogen and oxygen atoms in total. The van der Waals surface area contributed by atoms with Crippen LogP contribution in [0.3, 0.4) is 0 Å². The molecule has 0 saturated carbocycles. The van der Waals surface area contributed by atoms with E-state index in [2.05, 4.69) is 0 Å². The Bertz CT molecular complexity index is 1180. The molecule has 7 heteroatoms. The third-order valence-corrected chi connectivity index (χ3v) is 5.95. The maximum atomic E-state index is 14.2. The van der Waals surface area contributed by atoms with Gasteiger partial charge in [-0.3, -0.25) is 0 Å². The van der Waals surface area contributed by atoms with Crippen molar-refractivity contribution in [2.45, 2.75) is 18.7 Å². The van der Waals surface area contributed by atoms with Gasteiger partial charge in [0.1, 0.15) is 11.6 Å². The van der Waals surface area contributed by atoms with Crippen molar-refractivity contribution in [3.63, 3.8) is 0 Å². The van der Waals surface area contributed by atoms with Gasteiger partial charge in [-0.25, -0.2) is 9.40 Å². The first-order valence-corrected chi connectivity index (χ1v) is 10.3. The highest BCUT2D eigenvalue weighted by Gasteiger charge is 2.41. The molecule has 158 valence electrons. The number of nitrogens with zero attached hydrogens (tertiary/aromatic N) is 2. The third-order valence-electron chi connectivity index (χ3n) is 5.64. The average molecular weight is 439 g/mol. The number of halogens is 2. The van der Waals surface area contributed by atoms with E-state index < -0.39 is 12.0 Å². The first-order valence-electron chi connectivity index (χ1n) is 9.88. The van der Waals surface area contributed by atoms with Crippen LogP contribution in [0, 0.1) is 5.82 Å². The predicted octanol–water partition coefficient (Wildman–Crippen LogP) is 5.74. The van der Waals surface area contributed by atoms with E-state index in [1.807, 2.05) is 47.5 Å². The van der Waals surface area contributed by atoms with Crippen molar-refractivity contribution in [3.8, 4) is 17.2 Å². The summed E-state index contributed by atoms with van der Waals surface area (Å²) in [6, 6.07) is 18.3. The molecule has 2 heterocycles.